The van der Waals surface area contributed by atoms with Crippen LogP contribution < -0.4 is 0 Å². The topological polar surface area (TPSA) is 59.1 Å². The van der Waals surface area contributed by atoms with E-state index in [1.165, 1.54) is 0 Å². The first-order chi connectivity index (χ1) is 11.6. The largest absolute Gasteiger partial charge is 0.382 e. The van der Waals surface area contributed by atoms with Crippen molar-refractivity contribution in [3.05, 3.63) is 0 Å². The summed E-state index contributed by atoms with van der Waals surface area (Å²) in [6.45, 7) is 7.03. The molecule has 2 aliphatic rings. The monoisotopic (exact) mass is 340 g/mol. The highest BCUT2D eigenvalue weighted by Crippen LogP contribution is 2.24. The van der Waals surface area contributed by atoms with E-state index in [4.69, 9.17) is 9.47 Å². The smallest absolute Gasteiger partial charge is 0.224 e. The Hall–Kier alpha value is -0.980. The maximum atomic E-state index is 12.2. The van der Waals surface area contributed by atoms with Crippen LogP contribution in [0.3, 0.4) is 0 Å². The SMILES string of the molecule is COCCOCCC(=O)N1CCC(N2CCC(C(C)=O)CC2)CC1. The summed E-state index contributed by atoms with van der Waals surface area (Å²) in [5, 5.41) is 0. The van der Waals surface area contributed by atoms with Gasteiger partial charge in [-0.2, -0.15) is 0 Å². The van der Waals surface area contributed by atoms with Crippen molar-refractivity contribution in [2.45, 2.75) is 45.1 Å². The predicted molar refractivity (Wildman–Crippen MR) is 91.9 cm³/mol. The van der Waals surface area contributed by atoms with E-state index in [0.717, 1.165) is 51.9 Å². The third kappa shape index (κ3) is 5.83. The molecule has 2 saturated heterocycles. The van der Waals surface area contributed by atoms with E-state index in [2.05, 4.69) is 4.90 Å². The van der Waals surface area contributed by atoms with Crippen LogP contribution >= 0.6 is 0 Å². The number of methoxy groups -OCH3 is 1. The average Bonchev–Trinajstić information content (AvgIpc) is 2.61. The van der Waals surface area contributed by atoms with E-state index < -0.39 is 0 Å². The molecule has 24 heavy (non-hydrogen) atoms. The number of carbonyl (C=O) groups excluding carboxylic acids is 2. The molecule has 6 heteroatoms. The van der Waals surface area contributed by atoms with Crippen LogP contribution in [-0.4, -0.2) is 80.6 Å². The van der Waals surface area contributed by atoms with Gasteiger partial charge in [0.1, 0.15) is 5.78 Å². The molecule has 1 amide bonds. The van der Waals surface area contributed by atoms with Gasteiger partial charge in [-0.3, -0.25) is 9.59 Å². The summed E-state index contributed by atoms with van der Waals surface area (Å²) in [5.41, 5.74) is 0. The van der Waals surface area contributed by atoms with E-state index in [-0.39, 0.29) is 11.8 Å². The first-order valence-electron chi connectivity index (χ1n) is 9.20. The van der Waals surface area contributed by atoms with Crippen molar-refractivity contribution in [2.75, 3.05) is 53.1 Å². The van der Waals surface area contributed by atoms with Crippen LogP contribution in [0, 0.1) is 5.92 Å². The lowest BCUT2D eigenvalue weighted by atomic mass is 9.91. The Balaban J connectivity index is 1.62. The zero-order valence-corrected chi connectivity index (χ0v) is 15.2. The Morgan fingerprint density at radius 1 is 0.958 bits per heavy atom. The van der Waals surface area contributed by atoms with Gasteiger partial charge in [-0.25, -0.2) is 0 Å². The second-order valence-electron chi connectivity index (χ2n) is 6.89. The summed E-state index contributed by atoms with van der Waals surface area (Å²) in [6.07, 6.45) is 4.53. The number of likely N-dealkylation sites (tertiary alicyclic amines) is 2. The molecule has 0 aromatic heterocycles. The fourth-order valence-corrected chi connectivity index (χ4v) is 3.71. The second kappa shape index (κ2) is 10.1. The molecule has 6 nitrogen and oxygen atoms in total. The summed E-state index contributed by atoms with van der Waals surface area (Å²) < 4.78 is 10.3. The number of hydrogen-bond donors (Lipinski definition) is 0. The standard InChI is InChI=1S/C18H32N2O4/c1-15(21)16-3-8-19(9-4-16)17-5-10-20(11-6-17)18(22)7-12-24-14-13-23-2/h16-17H,3-14H2,1-2H3. The maximum absolute atomic E-state index is 12.2. The fraction of sp³-hybridized carbons (Fsp3) is 0.889. The molecule has 0 saturated carbocycles. The third-order valence-electron chi connectivity index (χ3n) is 5.33. The average molecular weight is 340 g/mol. The molecular formula is C18H32N2O4. The van der Waals surface area contributed by atoms with Crippen LogP contribution in [0.4, 0.5) is 0 Å². The van der Waals surface area contributed by atoms with Crippen LogP contribution in [0.15, 0.2) is 0 Å². The molecule has 0 atom stereocenters. The normalized spacial score (nSPS) is 21.2. The van der Waals surface area contributed by atoms with E-state index in [1.807, 2.05) is 4.90 Å². The molecule has 0 spiro atoms. The number of piperidine rings is 2. The fourth-order valence-electron chi connectivity index (χ4n) is 3.71. The second-order valence-corrected chi connectivity index (χ2v) is 6.89. The number of amides is 1. The summed E-state index contributed by atoms with van der Waals surface area (Å²) in [7, 11) is 1.64. The summed E-state index contributed by atoms with van der Waals surface area (Å²) in [6, 6.07) is 0.569. The number of ether oxygens (including phenoxy) is 2. The van der Waals surface area contributed by atoms with Gasteiger partial charge < -0.3 is 19.3 Å². The van der Waals surface area contributed by atoms with E-state index in [0.29, 0.717) is 38.1 Å². The van der Waals surface area contributed by atoms with E-state index in [1.54, 1.807) is 14.0 Å². The van der Waals surface area contributed by atoms with Crippen LogP contribution in [0.1, 0.15) is 39.0 Å². The Morgan fingerprint density at radius 3 is 2.21 bits per heavy atom. The summed E-state index contributed by atoms with van der Waals surface area (Å²) in [5.74, 6) is 0.796. The quantitative estimate of drug-likeness (QED) is 0.624. The van der Waals surface area contributed by atoms with Crippen LogP contribution in [0.5, 0.6) is 0 Å². The first kappa shape index (κ1) is 19.3. The molecular weight excluding hydrogens is 308 g/mol. The number of nitrogens with zero attached hydrogens (tertiary/aromatic N) is 2. The van der Waals surface area contributed by atoms with Gasteiger partial charge in [-0.05, 0) is 45.7 Å². The highest BCUT2D eigenvalue weighted by molar-refractivity contribution is 5.78. The van der Waals surface area contributed by atoms with Crippen molar-refractivity contribution < 1.29 is 19.1 Å². The molecule has 0 aliphatic carbocycles. The van der Waals surface area contributed by atoms with Crippen LogP contribution in [0.25, 0.3) is 0 Å². The van der Waals surface area contributed by atoms with Gasteiger partial charge >= 0.3 is 0 Å². The van der Waals surface area contributed by atoms with Crippen LogP contribution in [0.2, 0.25) is 0 Å². The lowest BCUT2D eigenvalue weighted by Crippen LogP contribution is -2.49. The molecule has 0 aromatic carbocycles. The predicted octanol–water partition coefficient (Wildman–Crippen LogP) is 1.33. The van der Waals surface area contributed by atoms with Gasteiger partial charge in [0.2, 0.25) is 5.91 Å². The number of carbonyl (C=O) groups is 2. The van der Waals surface area contributed by atoms with Gasteiger partial charge in [0, 0.05) is 32.2 Å². The van der Waals surface area contributed by atoms with E-state index in [9.17, 15) is 9.59 Å². The van der Waals surface area contributed by atoms with Crippen molar-refractivity contribution in [3.63, 3.8) is 0 Å². The number of ketones is 1. The minimum Gasteiger partial charge on any atom is -0.382 e. The molecule has 2 rings (SSSR count). The molecule has 0 aromatic rings. The molecule has 0 unspecified atom stereocenters. The minimum absolute atomic E-state index is 0.196. The van der Waals surface area contributed by atoms with Crippen LogP contribution in [-0.2, 0) is 19.1 Å². The molecule has 138 valence electrons. The van der Waals surface area contributed by atoms with Crippen molar-refractivity contribution in [2.24, 2.45) is 5.92 Å². The first-order valence-corrected chi connectivity index (χ1v) is 9.20. The van der Waals surface area contributed by atoms with Gasteiger partial charge in [-0.15, -0.1) is 0 Å². The highest BCUT2D eigenvalue weighted by Gasteiger charge is 2.30. The Labute approximate surface area is 145 Å². The Kier molecular flexibility index (Phi) is 8.15. The molecule has 0 N–H and O–H groups in total. The van der Waals surface area contributed by atoms with Gasteiger partial charge in [0.05, 0.1) is 26.2 Å². The lowest BCUT2D eigenvalue weighted by molar-refractivity contribution is -0.134. The van der Waals surface area contributed by atoms with Crippen molar-refractivity contribution in [1.82, 2.24) is 9.80 Å². The zero-order chi connectivity index (χ0) is 17.4. The summed E-state index contributed by atoms with van der Waals surface area (Å²) >= 11 is 0. The highest BCUT2D eigenvalue weighted by atomic mass is 16.5. The lowest BCUT2D eigenvalue weighted by Gasteiger charge is -2.41. The summed E-state index contributed by atoms with van der Waals surface area (Å²) in [4.78, 5) is 28.2. The van der Waals surface area contributed by atoms with Gasteiger partial charge in [-0.1, -0.05) is 0 Å². The van der Waals surface area contributed by atoms with Crippen molar-refractivity contribution in [1.29, 1.82) is 0 Å². The number of hydrogen-bond acceptors (Lipinski definition) is 5. The van der Waals surface area contributed by atoms with Gasteiger partial charge in [0.15, 0.2) is 0 Å². The van der Waals surface area contributed by atoms with E-state index >= 15 is 0 Å². The molecule has 2 aliphatic heterocycles. The van der Waals surface area contributed by atoms with Gasteiger partial charge in [0.25, 0.3) is 0 Å². The molecule has 2 heterocycles. The molecule has 0 radical (unpaired) electrons. The number of Topliss-reactive ketones (excluding diaryl/α,β-unsaturated/α-hetero) is 1. The minimum atomic E-state index is 0.196. The zero-order valence-electron chi connectivity index (χ0n) is 15.2. The molecule has 0 bridgehead atoms. The van der Waals surface area contributed by atoms with Crippen molar-refractivity contribution >= 4 is 11.7 Å². The Morgan fingerprint density at radius 2 is 1.62 bits per heavy atom. The maximum Gasteiger partial charge on any atom is 0.224 e. The Bertz CT molecular complexity index is 400. The van der Waals surface area contributed by atoms with Crippen molar-refractivity contribution in [3.8, 4) is 0 Å². The third-order valence-corrected chi connectivity index (χ3v) is 5.33. The number of rotatable bonds is 8. The molecule has 2 fully saturated rings.